The predicted octanol–water partition coefficient (Wildman–Crippen LogP) is 3.43. The molecular formula is C17H10ClN5O2. The lowest BCUT2D eigenvalue weighted by molar-refractivity contribution is 0.0696. The number of hydrogen-bond acceptors (Lipinski definition) is 5. The molecule has 2 N–H and O–H groups in total. The monoisotopic (exact) mass is 351 g/mol. The van der Waals surface area contributed by atoms with Gasteiger partial charge in [-0.05, 0) is 30.3 Å². The Morgan fingerprint density at radius 1 is 1.12 bits per heavy atom. The standard InChI is InChI=1S/C17H10ClN5O2/c18-11-6-10(17(24)25)8-21-14(11)9-3-4-12(20-7-9)16-22-13-2-1-5-19-15(13)23-16/h1-8H,(H,24,25)(H,19,22,23). The summed E-state index contributed by atoms with van der Waals surface area (Å²) in [6.45, 7) is 0. The Labute approximate surface area is 146 Å². The first kappa shape index (κ1) is 15.2. The Morgan fingerprint density at radius 3 is 2.68 bits per heavy atom. The number of carboxylic acids is 1. The molecule has 4 aromatic rings. The molecule has 0 saturated heterocycles. The number of fused-ring (bicyclic) bond motifs is 1. The van der Waals surface area contributed by atoms with Crippen molar-refractivity contribution in [1.82, 2.24) is 24.9 Å². The average Bonchev–Trinajstić information content (AvgIpc) is 3.06. The molecule has 0 bridgehead atoms. The van der Waals surface area contributed by atoms with Gasteiger partial charge in [0.05, 0.1) is 21.8 Å². The van der Waals surface area contributed by atoms with Gasteiger partial charge in [0, 0.05) is 24.2 Å². The number of pyridine rings is 3. The molecule has 4 rings (SSSR count). The van der Waals surface area contributed by atoms with E-state index in [-0.39, 0.29) is 10.6 Å². The molecule has 0 fully saturated rings. The normalized spacial score (nSPS) is 10.9. The van der Waals surface area contributed by atoms with Gasteiger partial charge in [0.25, 0.3) is 0 Å². The molecule has 0 atom stereocenters. The molecule has 7 nitrogen and oxygen atoms in total. The van der Waals surface area contributed by atoms with E-state index in [1.807, 2.05) is 12.1 Å². The summed E-state index contributed by atoms with van der Waals surface area (Å²) in [6, 6.07) is 8.68. The number of carboxylic acid groups (broad SMARTS) is 1. The third kappa shape index (κ3) is 2.81. The number of H-pyrrole nitrogens is 1. The van der Waals surface area contributed by atoms with Crippen molar-refractivity contribution in [2.45, 2.75) is 0 Å². The number of aromatic nitrogens is 5. The zero-order valence-electron chi connectivity index (χ0n) is 12.6. The first-order chi connectivity index (χ1) is 12.1. The van der Waals surface area contributed by atoms with Gasteiger partial charge in [-0.3, -0.25) is 9.97 Å². The average molecular weight is 352 g/mol. The van der Waals surface area contributed by atoms with Crippen LogP contribution in [-0.4, -0.2) is 36.0 Å². The summed E-state index contributed by atoms with van der Waals surface area (Å²) >= 11 is 6.14. The second-order valence-corrected chi connectivity index (χ2v) is 5.66. The number of hydrogen-bond donors (Lipinski definition) is 2. The van der Waals surface area contributed by atoms with Gasteiger partial charge in [-0.1, -0.05) is 11.6 Å². The molecule has 0 aliphatic heterocycles. The largest absolute Gasteiger partial charge is 0.478 e. The van der Waals surface area contributed by atoms with Gasteiger partial charge < -0.3 is 10.1 Å². The van der Waals surface area contributed by atoms with Crippen molar-refractivity contribution in [3.8, 4) is 22.8 Å². The summed E-state index contributed by atoms with van der Waals surface area (Å²) in [6.07, 6.45) is 4.56. The maximum atomic E-state index is 10.9. The lowest BCUT2D eigenvalue weighted by Crippen LogP contribution is -1.98. The maximum Gasteiger partial charge on any atom is 0.337 e. The van der Waals surface area contributed by atoms with Crippen molar-refractivity contribution in [3.05, 3.63) is 59.5 Å². The Hall–Kier alpha value is -3.32. The highest BCUT2D eigenvalue weighted by atomic mass is 35.5. The number of nitrogens with one attached hydrogen (secondary N) is 1. The first-order valence-electron chi connectivity index (χ1n) is 7.28. The minimum atomic E-state index is -1.08. The van der Waals surface area contributed by atoms with Crippen LogP contribution in [0.15, 0.2) is 48.9 Å². The van der Waals surface area contributed by atoms with Crippen LogP contribution in [0.2, 0.25) is 5.02 Å². The molecule has 0 aliphatic carbocycles. The Balaban J connectivity index is 1.69. The molecule has 0 aliphatic rings. The third-order valence-corrected chi connectivity index (χ3v) is 3.91. The highest BCUT2D eigenvalue weighted by Crippen LogP contribution is 2.27. The van der Waals surface area contributed by atoms with Crippen LogP contribution in [0.1, 0.15) is 10.4 Å². The highest BCUT2D eigenvalue weighted by Gasteiger charge is 2.12. The van der Waals surface area contributed by atoms with E-state index in [2.05, 4.69) is 24.9 Å². The molecule has 0 amide bonds. The lowest BCUT2D eigenvalue weighted by Gasteiger charge is -2.05. The fraction of sp³-hybridized carbons (Fsp3) is 0. The van der Waals surface area contributed by atoms with Gasteiger partial charge in [0.15, 0.2) is 11.5 Å². The molecule has 0 spiro atoms. The molecule has 122 valence electrons. The number of aromatic amines is 1. The van der Waals surface area contributed by atoms with E-state index in [1.165, 1.54) is 12.3 Å². The maximum absolute atomic E-state index is 10.9. The molecule has 0 unspecified atom stereocenters. The molecule has 4 aromatic heterocycles. The van der Waals surface area contributed by atoms with Crippen LogP contribution in [0.5, 0.6) is 0 Å². The predicted molar refractivity (Wildman–Crippen MR) is 92.3 cm³/mol. The van der Waals surface area contributed by atoms with Crippen LogP contribution in [0, 0.1) is 0 Å². The van der Waals surface area contributed by atoms with Gasteiger partial charge in [0.2, 0.25) is 0 Å². The van der Waals surface area contributed by atoms with E-state index in [0.29, 0.717) is 28.4 Å². The molecular weight excluding hydrogens is 342 g/mol. The van der Waals surface area contributed by atoms with E-state index in [9.17, 15) is 4.79 Å². The van der Waals surface area contributed by atoms with E-state index in [0.717, 1.165) is 5.52 Å². The van der Waals surface area contributed by atoms with Crippen LogP contribution >= 0.6 is 11.6 Å². The Kier molecular flexibility index (Phi) is 3.62. The topological polar surface area (TPSA) is 105 Å². The van der Waals surface area contributed by atoms with Crippen LogP contribution in [0.25, 0.3) is 33.9 Å². The second kappa shape index (κ2) is 5.95. The van der Waals surface area contributed by atoms with Gasteiger partial charge in [-0.2, -0.15) is 0 Å². The van der Waals surface area contributed by atoms with Crippen LogP contribution in [0.4, 0.5) is 0 Å². The molecule has 0 saturated carbocycles. The second-order valence-electron chi connectivity index (χ2n) is 5.25. The van der Waals surface area contributed by atoms with Crippen molar-refractivity contribution in [3.63, 3.8) is 0 Å². The number of imidazole rings is 1. The fourth-order valence-corrected chi connectivity index (χ4v) is 2.68. The number of aromatic carboxylic acids is 1. The number of rotatable bonds is 3. The Morgan fingerprint density at radius 2 is 2.00 bits per heavy atom. The summed E-state index contributed by atoms with van der Waals surface area (Å²) in [5.74, 6) is -0.464. The van der Waals surface area contributed by atoms with Crippen molar-refractivity contribution in [2.75, 3.05) is 0 Å². The van der Waals surface area contributed by atoms with Gasteiger partial charge in [-0.15, -0.1) is 0 Å². The molecule has 8 heteroatoms. The molecule has 0 aromatic carbocycles. The van der Waals surface area contributed by atoms with Crippen molar-refractivity contribution < 1.29 is 9.90 Å². The summed E-state index contributed by atoms with van der Waals surface area (Å²) in [5.41, 5.74) is 3.29. The number of halogens is 1. The Bertz CT molecular complexity index is 1060. The minimum absolute atomic E-state index is 0.0353. The highest BCUT2D eigenvalue weighted by molar-refractivity contribution is 6.33. The molecule has 4 heterocycles. The van der Waals surface area contributed by atoms with Crippen LogP contribution in [0.3, 0.4) is 0 Å². The van der Waals surface area contributed by atoms with Gasteiger partial charge >= 0.3 is 5.97 Å². The van der Waals surface area contributed by atoms with Crippen LogP contribution < -0.4 is 0 Å². The number of carbonyl (C=O) groups is 1. The van der Waals surface area contributed by atoms with Crippen molar-refractivity contribution in [2.24, 2.45) is 0 Å². The zero-order valence-corrected chi connectivity index (χ0v) is 13.4. The number of nitrogens with zero attached hydrogens (tertiary/aromatic N) is 4. The minimum Gasteiger partial charge on any atom is -0.478 e. The summed E-state index contributed by atoms with van der Waals surface area (Å²) in [4.78, 5) is 31.2. The summed E-state index contributed by atoms with van der Waals surface area (Å²) in [7, 11) is 0. The smallest absolute Gasteiger partial charge is 0.337 e. The van der Waals surface area contributed by atoms with Gasteiger partial charge in [-0.25, -0.2) is 14.8 Å². The molecule has 0 radical (unpaired) electrons. The summed E-state index contributed by atoms with van der Waals surface area (Å²) in [5, 5.41) is 9.22. The SMILES string of the molecule is O=C(O)c1cnc(-c2ccc(-c3nc4ncccc4[nH]3)nc2)c(Cl)c1. The van der Waals surface area contributed by atoms with E-state index in [4.69, 9.17) is 16.7 Å². The fourth-order valence-electron chi connectivity index (χ4n) is 2.41. The van der Waals surface area contributed by atoms with E-state index < -0.39 is 5.97 Å². The van der Waals surface area contributed by atoms with Crippen molar-refractivity contribution >= 4 is 28.7 Å². The quantitative estimate of drug-likeness (QED) is 0.586. The molecule has 25 heavy (non-hydrogen) atoms. The van der Waals surface area contributed by atoms with E-state index >= 15 is 0 Å². The summed E-state index contributed by atoms with van der Waals surface area (Å²) < 4.78 is 0. The van der Waals surface area contributed by atoms with Crippen LogP contribution in [-0.2, 0) is 0 Å². The van der Waals surface area contributed by atoms with E-state index in [1.54, 1.807) is 24.5 Å². The zero-order chi connectivity index (χ0) is 17.4. The van der Waals surface area contributed by atoms with Crippen molar-refractivity contribution in [1.29, 1.82) is 0 Å². The van der Waals surface area contributed by atoms with Gasteiger partial charge in [0.1, 0.15) is 5.69 Å². The first-order valence-corrected chi connectivity index (χ1v) is 7.66. The third-order valence-electron chi connectivity index (χ3n) is 3.63. The lowest BCUT2D eigenvalue weighted by atomic mass is 10.1.